The highest BCUT2D eigenvalue weighted by molar-refractivity contribution is 4.84. The first-order valence-corrected chi connectivity index (χ1v) is 6.68. The van der Waals surface area contributed by atoms with Crippen molar-refractivity contribution in [3.8, 4) is 0 Å². The van der Waals surface area contributed by atoms with Gasteiger partial charge in [-0.05, 0) is 32.6 Å². The molecule has 1 aliphatic rings. The Bertz CT molecular complexity index is 161. The van der Waals surface area contributed by atoms with Crippen molar-refractivity contribution in [2.75, 3.05) is 0 Å². The van der Waals surface area contributed by atoms with Crippen molar-refractivity contribution in [3.63, 3.8) is 0 Å². The van der Waals surface area contributed by atoms with Crippen molar-refractivity contribution < 1.29 is 5.11 Å². The van der Waals surface area contributed by atoms with Crippen molar-refractivity contribution in [2.24, 2.45) is 0 Å². The first-order valence-electron chi connectivity index (χ1n) is 6.68. The maximum absolute atomic E-state index is 9.68. The van der Waals surface area contributed by atoms with Crippen LogP contribution in [-0.4, -0.2) is 23.3 Å². The van der Waals surface area contributed by atoms with E-state index in [1.807, 2.05) is 0 Å². The lowest BCUT2D eigenvalue weighted by molar-refractivity contribution is 0.143. The molecule has 0 heterocycles. The van der Waals surface area contributed by atoms with E-state index in [9.17, 15) is 5.11 Å². The number of nitrogens with one attached hydrogen (secondary N) is 1. The first-order chi connectivity index (χ1) is 7.24. The van der Waals surface area contributed by atoms with Crippen LogP contribution in [-0.2, 0) is 0 Å². The molecule has 2 nitrogen and oxygen atoms in total. The van der Waals surface area contributed by atoms with Gasteiger partial charge < -0.3 is 10.4 Å². The highest BCUT2D eigenvalue weighted by Crippen LogP contribution is 2.19. The summed E-state index contributed by atoms with van der Waals surface area (Å²) >= 11 is 0. The third-order valence-electron chi connectivity index (χ3n) is 3.47. The third-order valence-corrected chi connectivity index (χ3v) is 3.47. The van der Waals surface area contributed by atoms with Gasteiger partial charge in [0.2, 0.25) is 0 Å². The van der Waals surface area contributed by atoms with Gasteiger partial charge in [-0.3, -0.25) is 0 Å². The largest absolute Gasteiger partial charge is 0.392 e. The Morgan fingerprint density at radius 1 is 1.27 bits per heavy atom. The van der Waals surface area contributed by atoms with E-state index in [1.165, 1.54) is 38.5 Å². The van der Waals surface area contributed by atoms with E-state index >= 15 is 0 Å². The molecule has 3 atom stereocenters. The van der Waals surface area contributed by atoms with Crippen LogP contribution in [0.5, 0.6) is 0 Å². The number of unbranched alkanes of at least 4 members (excludes halogenated alkanes) is 3. The molecule has 0 spiro atoms. The fourth-order valence-electron chi connectivity index (χ4n) is 2.46. The molecule has 90 valence electrons. The molecule has 2 heteroatoms. The molecule has 1 aliphatic carbocycles. The smallest absolute Gasteiger partial charge is 0.0693 e. The van der Waals surface area contributed by atoms with Gasteiger partial charge in [0.25, 0.3) is 0 Å². The summed E-state index contributed by atoms with van der Waals surface area (Å²) in [5.74, 6) is 0. The van der Waals surface area contributed by atoms with Crippen LogP contribution in [0.1, 0.15) is 65.2 Å². The van der Waals surface area contributed by atoms with Crippen molar-refractivity contribution in [1.82, 2.24) is 5.32 Å². The normalized spacial score (nSPS) is 28.2. The number of aliphatic hydroxyl groups is 1. The molecule has 0 bridgehead atoms. The molecule has 0 aromatic rings. The standard InChI is InChI=1S/C13H27NO/c1-3-4-5-6-8-11(2)14-12-9-7-10-13(12)15/h11-15H,3-10H2,1-2H3. The lowest BCUT2D eigenvalue weighted by atomic mass is 10.1. The van der Waals surface area contributed by atoms with E-state index < -0.39 is 0 Å². The Balaban J connectivity index is 2.04. The Morgan fingerprint density at radius 2 is 2.07 bits per heavy atom. The van der Waals surface area contributed by atoms with Gasteiger partial charge in [-0.2, -0.15) is 0 Å². The van der Waals surface area contributed by atoms with E-state index in [0.29, 0.717) is 12.1 Å². The minimum atomic E-state index is -0.0944. The lowest BCUT2D eigenvalue weighted by Gasteiger charge is -2.22. The predicted octanol–water partition coefficient (Wildman–Crippen LogP) is 2.85. The zero-order valence-electron chi connectivity index (χ0n) is 10.3. The fourth-order valence-corrected chi connectivity index (χ4v) is 2.46. The summed E-state index contributed by atoms with van der Waals surface area (Å²) in [6.45, 7) is 4.49. The van der Waals surface area contributed by atoms with E-state index in [-0.39, 0.29) is 6.10 Å². The monoisotopic (exact) mass is 213 g/mol. The van der Waals surface area contributed by atoms with Crippen LogP contribution in [0.2, 0.25) is 0 Å². The molecule has 3 unspecified atom stereocenters. The van der Waals surface area contributed by atoms with E-state index in [2.05, 4.69) is 19.2 Å². The SMILES string of the molecule is CCCCCCC(C)NC1CCCC1O. The molecule has 0 aromatic carbocycles. The van der Waals surface area contributed by atoms with Crippen LogP contribution in [0.25, 0.3) is 0 Å². The average Bonchev–Trinajstić information content (AvgIpc) is 2.59. The van der Waals surface area contributed by atoms with Gasteiger partial charge in [0.05, 0.1) is 6.10 Å². The Labute approximate surface area is 94.5 Å². The van der Waals surface area contributed by atoms with E-state index in [1.54, 1.807) is 0 Å². The Morgan fingerprint density at radius 3 is 2.67 bits per heavy atom. The van der Waals surface area contributed by atoms with Crippen LogP contribution in [0.15, 0.2) is 0 Å². The maximum atomic E-state index is 9.68. The molecule has 0 saturated heterocycles. The van der Waals surface area contributed by atoms with Crippen molar-refractivity contribution in [2.45, 2.75) is 83.4 Å². The van der Waals surface area contributed by atoms with Gasteiger partial charge in [-0.15, -0.1) is 0 Å². The fraction of sp³-hybridized carbons (Fsp3) is 1.00. The highest BCUT2D eigenvalue weighted by atomic mass is 16.3. The van der Waals surface area contributed by atoms with Gasteiger partial charge in [-0.1, -0.05) is 32.6 Å². The second-order valence-electron chi connectivity index (χ2n) is 5.02. The minimum Gasteiger partial charge on any atom is -0.392 e. The Kier molecular flexibility index (Phi) is 6.26. The number of rotatable bonds is 7. The predicted molar refractivity (Wildman–Crippen MR) is 65.0 cm³/mol. The van der Waals surface area contributed by atoms with Gasteiger partial charge in [-0.25, -0.2) is 0 Å². The van der Waals surface area contributed by atoms with Crippen molar-refractivity contribution in [3.05, 3.63) is 0 Å². The summed E-state index contributed by atoms with van der Waals surface area (Å²) < 4.78 is 0. The van der Waals surface area contributed by atoms with E-state index in [0.717, 1.165) is 12.8 Å². The molecular formula is C13H27NO. The zero-order valence-corrected chi connectivity index (χ0v) is 10.3. The van der Waals surface area contributed by atoms with Crippen LogP contribution in [0, 0.1) is 0 Å². The number of aliphatic hydroxyl groups excluding tert-OH is 1. The van der Waals surface area contributed by atoms with Gasteiger partial charge in [0.15, 0.2) is 0 Å². The molecule has 0 aromatic heterocycles. The topological polar surface area (TPSA) is 32.3 Å². The molecule has 1 rings (SSSR count). The number of hydrogen-bond donors (Lipinski definition) is 2. The molecule has 2 N–H and O–H groups in total. The number of hydrogen-bond acceptors (Lipinski definition) is 2. The second-order valence-corrected chi connectivity index (χ2v) is 5.02. The van der Waals surface area contributed by atoms with E-state index in [4.69, 9.17) is 0 Å². The zero-order chi connectivity index (χ0) is 11.1. The van der Waals surface area contributed by atoms with Crippen LogP contribution >= 0.6 is 0 Å². The molecule has 0 amide bonds. The minimum absolute atomic E-state index is 0.0944. The molecule has 1 fully saturated rings. The molecular weight excluding hydrogens is 186 g/mol. The van der Waals surface area contributed by atoms with Gasteiger partial charge in [0.1, 0.15) is 0 Å². The Hall–Kier alpha value is -0.0800. The molecule has 15 heavy (non-hydrogen) atoms. The third kappa shape index (κ3) is 4.98. The summed E-state index contributed by atoms with van der Waals surface area (Å²) in [5.41, 5.74) is 0. The summed E-state index contributed by atoms with van der Waals surface area (Å²) in [6.07, 6.45) is 9.83. The van der Waals surface area contributed by atoms with Gasteiger partial charge >= 0.3 is 0 Å². The average molecular weight is 213 g/mol. The molecule has 0 radical (unpaired) electrons. The highest BCUT2D eigenvalue weighted by Gasteiger charge is 2.25. The van der Waals surface area contributed by atoms with Crippen LogP contribution in [0.3, 0.4) is 0 Å². The van der Waals surface area contributed by atoms with Crippen molar-refractivity contribution >= 4 is 0 Å². The first kappa shape index (κ1) is 13.0. The van der Waals surface area contributed by atoms with Crippen LogP contribution in [0.4, 0.5) is 0 Å². The quantitative estimate of drug-likeness (QED) is 0.637. The summed E-state index contributed by atoms with van der Waals surface area (Å²) in [4.78, 5) is 0. The summed E-state index contributed by atoms with van der Waals surface area (Å²) in [7, 11) is 0. The summed E-state index contributed by atoms with van der Waals surface area (Å²) in [6, 6.07) is 0.936. The second kappa shape index (κ2) is 7.24. The van der Waals surface area contributed by atoms with Crippen LogP contribution < -0.4 is 5.32 Å². The van der Waals surface area contributed by atoms with Crippen molar-refractivity contribution in [1.29, 1.82) is 0 Å². The maximum Gasteiger partial charge on any atom is 0.0693 e. The summed E-state index contributed by atoms with van der Waals surface area (Å²) in [5, 5.41) is 13.2. The lowest BCUT2D eigenvalue weighted by Crippen LogP contribution is -2.41. The molecule has 0 aliphatic heterocycles. The molecule has 1 saturated carbocycles. The van der Waals surface area contributed by atoms with Gasteiger partial charge in [0, 0.05) is 12.1 Å².